The average molecular weight is 412 g/mol. The van der Waals surface area contributed by atoms with E-state index in [4.69, 9.17) is 9.47 Å². The van der Waals surface area contributed by atoms with Crippen LogP contribution in [0.5, 0.6) is 5.75 Å². The minimum atomic E-state index is -1.11. The van der Waals surface area contributed by atoms with Crippen molar-refractivity contribution in [3.05, 3.63) is 94.7 Å². The maximum absolute atomic E-state index is 13.1. The SMILES string of the molecule is CNc1ccc(C2(c3c(C)n(C)c4ccccc34)OC(=O)c3ccccc32)c(OC)c1. The largest absolute Gasteiger partial charge is 0.496 e. The van der Waals surface area contributed by atoms with Gasteiger partial charge < -0.3 is 19.4 Å². The Morgan fingerprint density at radius 3 is 2.52 bits per heavy atom. The van der Waals surface area contributed by atoms with E-state index in [0.29, 0.717) is 11.3 Å². The molecule has 1 aromatic heterocycles. The quantitative estimate of drug-likeness (QED) is 0.479. The van der Waals surface area contributed by atoms with Gasteiger partial charge in [0.1, 0.15) is 5.75 Å². The molecule has 0 fully saturated rings. The van der Waals surface area contributed by atoms with Crippen LogP contribution in [0.3, 0.4) is 0 Å². The molecule has 1 aliphatic heterocycles. The summed E-state index contributed by atoms with van der Waals surface area (Å²) < 4.78 is 14.3. The van der Waals surface area contributed by atoms with Crippen molar-refractivity contribution in [2.45, 2.75) is 12.5 Å². The third kappa shape index (κ3) is 2.53. The minimum Gasteiger partial charge on any atom is -0.496 e. The fraction of sp³-hybridized carbons (Fsp3) is 0.192. The van der Waals surface area contributed by atoms with Crippen molar-refractivity contribution < 1.29 is 14.3 Å². The molecule has 1 unspecified atom stereocenters. The predicted octanol–water partition coefficient (Wildman–Crippen LogP) is 5.00. The van der Waals surface area contributed by atoms with Crippen LogP contribution in [0, 0.1) is 6.92 Å². The summed E-state index contributed by atoms with van der Waals surface area (Å²) in [6.45, 7) is 2.07. The Hall–Kier alpha value is -3.73. The molecule has 0 amide bonds. The smallest absolute Gasteiger partial charge is 0.340 e. The van der Waals surface area contributed by atoms with Gasteiger partial charge in [0.15, 0.2) is 5.60 Å². The summed E-state index contributed by atoms with van der Waals surface area (Å²) in [6, 6.07) is 21.7. The van der Waals surface area contributed by atoms with Crippen molar-refractivity contribution in [1.29, 1.82) is 0 Å². The number of rotatable bonds is 4. The van der Waals surface area contributed by atoms with Crippen molar-refractivity contribution in [3.8, 4) is 5.75 Å². The van der Waals surface area contributed by atoms with Gasteiger partial charge >= 0.3 is 5.97 Å². The van der Waals surface area contributed by atoms with Crippen molar-refractivity contribution in [1.82, 2.24) is 4.57 Å². The normalized spacial score (nSPS) is 17.5. The average Bonchev–Trinajstić information content (AvgIpc) is 3.25. The molecular formula is C26H24N2O3. The fourth-order valence-corrected chi connectivity index (χ4v) is 4.84. The monoisotopic (exact) mass is 412 g/mol. The van der Waals surface area contributed by atoms with E-state index in [9.17, 15) is 4.79 Å². The molecule has 0 aliphatic carbocycles. The van der Waals surface area contributed by atoms with Gasteiger partial charge in [0.25, 0.3) is 0 Å². The van der Waals surface area contributed by atoms with Gasteiger partial charge in [-0.2, -0.15) is 0 Å². The highest BCUT2D eigenvalue weighted by molar-refractivity contribution is 5.99. The van der Waals surface area contributed by atoms with Crippen molar-refractivity contribution in [2.24, 2.45) is 7.05 Å². The van der Waals surface area contributed by atoms with E-state index in [0.717, 1.165) is 39.0 Å². The number of hydrogen-bond acceptors (Lipinski definition) is 4. The number of hydrogen-bond donors (Lipinski definition) is 1. The van der Waals surface area contributed by atoms with Gasteiger partial charge in [-0.05, 0) is 31.2 Å². The first kappa shape index (κ1) is 19.2. The highest BCUT2D eigenvalue weighted by Gasteiger charge is 2.52. The number of esters is 1. The Morgan fingerprint density at radius 1 is 1.00 bits per heavy atom. The lowest BCUT2D eigenvalue weighted by Gasteiger charge is -2.32. The maximum Gasteiger partial charge on any atom is 0.340 e. The second kappa shape index (κ2) is 6.91. The van der Waals surface area contributed by atoms with Gasteiger partial charge in [-0.3, -0.25) is 0 Å². The van der Waals surface area contributed by atoms with Crippen LogP contribution in [-0.2, 0) is 17.4 Å². The molecule has 5 heteroatoms. The fourth-order valence-electron chi connectivity index (χ4n) is 4.84. The molecule has 1 N–H and O–H groups in total. The van der Waals surface area contributed by atoms with E-state index >= 15 is 0 Å². The van der Waals surface area contributed by atoms with Crippen LogP contribution in [0.15, 0.2) is 66.7 Å². The topological polar surface area (TPSA) is 52.5 Å². The highest BCUT2D eigenvalue weighted by Crippen LogP contribution is 2.53. The molecule has 1 aliphatic rings. The minimum absolute atomic E-state index is 0.331. The summed E-state index contributed by atoms with van der Waals surface area (Å²) in [6.07, 6.45) is 0. The van der Waals surface area contributed by atoms with Crippen molar-refractivity contribution >= 4 is 22.6 Å². The Labute approximate surface area is 181 Å². The van der Waals surface area contributed by atoms with E-state index in [2.05, 4.69) is 28.9 Å². The zero-order valence-corrected chi connectivity index (χ0v) is 18.0. The van der Waals surface area contributed by atoms with Gasteiger partial charge in [0.2, 0.25) is 0 Å². The number of para-hydroxylation sites is 1. The van der Waals surface area contributed by atoms with E-state index in [1.54, 1.807) is 7.11 Å². The number of carbonyl (C=O) groups is 1. The lowest BCUT2D eigenvalue weighted by Crippen LogP contribution is -2.31. The van der Waals surface area contributed by atoms with E-state index < -0.39 is 5.60 Å². The summed E-state index contributed by atoms with van der Waals surface area (Å²) in [5.74, 6) is 0.325. The molecule has 5 nitrogen and oxygen atoms in total. The third-order valence-electron chi connectivity index (χ3n) is 6.39. The molecule has 0 spiro atoms. The number of ether oxygens (including phenoxy) is 2. The Balaban J connectivity index is 1.96. The predicted molar refractivity (Wildman–Crippen MR) is 122 cm³/mol. The van der Waals surface area contributed by atoms with Crippen molar-refractivity contribution in [2.75, 3.05) is 19.5 Å². The summed E-state index contributed by atoms with van der Waals surface area (Å²) in [7, 11) is 5.55. The number of anilines is 1. The third-order valence-corrected chi connectivity index (χ3v) is 6.39. The summed E-state index contributed by atoms with van der Waals surface area (Å²) in [5.41, 5.74) is 5.08. The molecule has 0 saturated carbocycles. The summed E-state index contributed by atoms with van der Waals surface area (Å²) in [4.78, 5) is 13.1. The summed E-state index contributed by atoms with van der Waals surface area (Å²) >= 11 is 0. The Kier molecular flexibility index (Phi) is 4.29. The van der Waals surface area contributed by atoms with E-state index in [-0.39, 0.29) is 5.97 Å². The number of methoxy groups -OCH3 is 1. The molecule has 4 aromatic rings. The van der Waals surface area contributed by atoms with Crippen LogP contribution in [0.25, 0.3) is 10.9 Å². The molecule has 0 saturated heterocycles. The van der Waals surface area contributed by atoms with Gasteiger partial charge in [-0.1, -0.05) is 36.4 Å². The number of nitrogens with zero attached hydrogens (tertiary/aromatic N) is 1. The number of carbonyl (C=O) groups excluding carboxylic acids is 1. The molecular weight excluding hydrogens is 388 g/mol. The van der Waals surface area contributed by atoms with Crippen molar-refractivity contribution in [3.63, 3.8) is 0 Å². The lowest BCUT2D eigenvalue weighted by atomic mass is 9.78. The number of fused-ring (bicyclic) bond motifs is 2. The van der Waals surface area contributed by atoms with Crippen LogP contribution in [0.2, 0.25) is 0 Å². The van der Waals surface area contributed by atoms with Crippen LogP contribution in [0.1, 0.15) is 32.7 Å². The Morgan fingerprint density at radius 2 is 1.74 bits per heavy atom. The summed E-state index contributed by atoms with van der Waals surface area (Å²) in [5, 5.41) is 4.20. The van der Waals surface area contributed by atoms with Crippen LogP contribution < -0.4 is 10.1 Å². The Bertz CT molecular complexity index is 1340. The van der Waals surface area contributed by atoms with Crippen LogP contribution >= 0.6 is 0 Å². The molecule has 5 rings (SSSR count). The molecule has 0 radical (unpaired) electrons. The lowest BCUT2D eigenvalue weighted by molar-refractivity contribution is 0.0247. The van der Waals surface area contributed by atoms with Crippen LogP contribution in [0.4, 0.5) is 5.69 Å². The molecule has 0 bridgehead atoms. The first-order valence-corrected chi connectivity index (χ1v) is 10.3. The number of aromatic nitrogens is 1. The first-order chi connectivity index (χ1) is 15.0. The highest BCUT2D eigenvalue weighted by atomic mass is 16.6. The van der Waals surface area contributed by atoms with Gasteiger partial charge in [0, 0.05) is 59.1 Å². The zero-order chi connectivity index (χ0) is 21.8. The number of nitrogens with one attached hydrogen (secondary N) is 1. The molecule has 156 valence electrons. The number of benzene rings is 3. The van der Waals surface area contributed by atoms with Crippen LogP contribution in [-0.4, -0.2) is 24.7 Å². The molecule has 31 heavy (non-hydrogen) atoms. The standard InChI is InChI=1S/C26H24N2O3/c1-16-24(19-10-6-8-12-22(19)28(16)3)26(20-11-7-5-9-18(20)25(29)31-26)21-14-13-17(27-2)15-23(21)30-4/h5-15,27H,1-4H3. The van der Waals surface area contributed by atoms with E-state index in [1.807, 2.05) is 68.7 Å². The van der Waals surface area contributed by atoms with E-state index in [1.165, 1.54) is 0 Å². The maximum atomic E-state index is 13.1. The zero-order valence-electron chi connectivity index (χ0n) is 18.0. The number of cyclic esters (lactones) is 1. The second-order valence-corrected chi connectivity index (χ2v) is 7.82. The van der Waals surface area contributed by atoms with Gasteiger partial charge in [0.05, 0.1) is 12.7 Å². The number of aryl methyl sites for hydroxylation is 1. The molecule has 2 heterocycles. The van der Waals surface area contributed by atoms with Gasteiger partial charge in [-0.15, -0.1) is 0 Å². The molecule has 1 atom stereocenters. The molecule has 3 aromatic carbocycles. The van der Waals surface area contributed by atoms with Gasteiger partial charge in [-0.25, -0.2) is 4.79 Å². The first-order valence-electron chi connectivity index (χ1n) is 10.3. The second-order valence-electron chi connectivity index (χ2n) is 7.82.